The van der Waals surface area contributed by atoms with Gasteiger partial charge in [-0.3, -0.25) is 0 Å². The minimum absolute atomic E-state index is 0.333. The van der Waals surface area contributed by atoms with Crippen LogP contribution in [0.1, 0.15) is 17.5 Å². The average molecular weight is 160 g/mol. The number of aliphatic hydroxyl groups excluding tert-OH is 1. The summed E-state index contributed by atoms with van der Waals surface area (Å²) in [6.07, 6.45) is 1.45. The van der Waals surface area contributed by atoms with E-state index >= 15 is 0 Å². The first-order valence-corrected chi connectivity index (χ1v) is 4.24. The topological polar surface area (TPSA) is 20.2 Å². The second-order valence-corrected chi connectivity index (χ2v) is 3.24. The predicted molar refractivity (Wildman–Crippen MR) is 49.8 cm³/mol. The monoisotopic (exact) mass is 160 g/mol. The molecule has 1 aromatic carbocycles. The van der Waals surface area contributed by atoms with Crippen molar-refractivity contribution in [3.8, 4) is 0 Å². The lowest BCUT2D eigenvalue weighted by Gasteiger charge is -2.22. The molecule has 12 heavy (non-hydrogen) atoms. The molecule has 0 aromatic heterocycles. The highest BCUT2D eigenvalue weighted by Gasteiger charge is 2.18. The van der Waals surface area contributed by atoms with Crippen LogP contribution in [-0.2, 0) is 6.42 Å². The predicted octanol–water partition coefficient (Wildman–Crippen LogP) is 2.01. The van der Waals surface area contributed by atoms with Gasteiger partial charge in [0.25, 0.3) is 0 Å². The smallest absolute Gasteiger partial charge is 0.0793 e. The highest BCUT2D eigenvalue weighted by molar-refractivity contribution is 5.70. The van der Waals surface area contributed by atoms with Crippen molar-refractivity contribution in [1.29, 1.82) is 0 Å². The molecule has 1 nitrogen and oxygen atoms in total. The summed E-state index contributed by atoms with van der Waals surface area (Å²) in [5, 5.41) is 9.52. The first kappa shape index (κ1) is 7.56. The van der Waals surface area contributed by atoms with E-state index in [1.807, 2.05) is 18.2 Å². The molecule has 1 aliphatic carbocycles. The number of rotatable bonds is 0. The van der Waals surface area contributed by atoms with Crippen LogP contribution in [0.25, 0.3) is 5.57 Å². The molecule has 1 N–H and O–H groups in total. The quantitative estimate of drug-likeness (QED) is 0.615. The van der Waals surface area contributed by atoms with Gasteiger partial charge in [0.05, 0.1) is 6.10 Å². The first-order chi connectivity index (χ1) is 5.79. The third-order valence-corrected chi connectivity index (χ3v) is 2.45. The van der Waals surface area contributed by atoms with Crippen molar-refractivity contribution >= 4 is 5.57 Å². The first-order valence-electron chi connectivity index (χ1n) is 4.24. The normalized spacial score (nSPS) is 22.1. The number of hydrogen-bond acceptors (Lipinski definition) is 1. The molecule has 1 unspecified atom stereocenters. The number of hydrogen-bond donors (Lipinski definition) is 1. The zero-order valence-corrected chi connectivity index (χ0v) is 6.96. The third-order valence-electron chi connectivity index (χ3n) is 2.45. The van der Waals surface area contributed by atoms with Gasteiger partial charge in [-0.1, -0.05) is 30.8 Å². The van der Waals surface area contributed by atoms with E-state index in [0.29, 0.717) is 0 Å². The number of aryl methyl sites for hydroxylation is 1. The van der Waals surface area contributed by atoms with E-state index in [4.69, 9.17) is 0 Å². The molecule has 0 fully saturated rings. The van der Waals surface area contributed by atoms with Gasteiger partial charge in [0.1, 0.15) is 0 Å². The lowest BCUT2D eigenvalue weighted by atomic mass is 9.86. The fourth-order valence-corrected chi connectivity index (χ4v) is 1.70. The molecule has 1 heteroatoms. The number of aliphatic hydroxyl groups is 1. The zero-order valence-electron chi connectivity index (χ0n) is 6.96. The number of benzene rings is 1. The van der Waals surface area contributed by atoms with Crippen molar-refractivity contribution < 1.29 is 5.11 Å². The van der Waals surface area contributed by atoms with E-state index in [0.717, 1.165) is 24.0 Å². The fraction of sp³-hybridized carbons (Fsp3) is 0.273. The summed E-state index contributed by atoms with van der Waals surface area (Å²) in [7, 11) is 0. The second kappa shape index (κ2) is 2.76. The Balaban J connectivity index is 2.49. The Bertz CT molecular complexity index is 315. The van der Waals surface area contributed by atoms with E-state index in [1.165, 1.54) is 5.56 Å². The van der Waals surface area contributed by atoms with Crippen LogP contribution in [0.5, 0.6) is 0 Å². The van der Waals surface area contributed by atoms with Crippen molar-refractivity contribution in [1.82, 2.24) is 0 Å². The summed E-state index contributed by atoms with van der Waals surface area (Å²) in [5.74, 6) is 0. The molecule has 62 valence electrons. The molecular weight excluding hydrogens is 148 g/mol. The summed E-state index contributed by atoms with van der Waals surface area (Å²) in [5.41, 5.74) is 3.32. The molecule has 0 heterocycles. The standard InChI is InChI=1S/C11H12O/c1-8-10-5-3-2-4-9(10)6-7-11(8)12/h2-5,11-12H,1,6-7H2. The Labute approximate surface area is 72.4 Å². The van der Waals surface area contributed by atoms with E-state index in [-0.39, 0.29) is 6.10 Å². The molecule has 1 aromatic rings. The lowest BCUT2D eigenvalue weighted by molar-refractivity contribution is 0.219. The second-order valence-electron chi connectivity index (χ2n) is 3.24. The lowest BCUT2D eigenvalue weighted by Crippen LogP contribution is -2.16. The maximum Gasteiger partial charge on any atom is 0.0793 e. The van der Waals surface area contributed by atoms with Crippen molar-refractivity contribution in [2.45, 2.75) is 18.9 Å². The van der Waals surface area contributed by atoms with Gasteiger partial charge in [-0.05, 0) is 29.5 Å². The molecular formula is C11H12O. The molecule has 2 rings (SSSR count). The number of fused-ring (bicyclic) bond motifs is 1. The summed E-state index contributed by atoms with van der Waals surface area (Å²) in [6.45, 7) is 3.89. The molecule has 0 amide bonds. The highest BCUT2D eigenvalue weighted by atomic mass is 16.3. The van der Waals surface area contributed by atoms with Crippen LogP contribution in [0.4, 0.5) is 0 Å². The van der Waals surface area contributed by atoms with Gasteiger partial charge in [-0.2, -0.15) is 0 Å². The molecule has 0 radical (unpaired) electrons. The largest absolute Gasteiger partial charge is 0.388 e. The maximum atomic E-state index is 9.52. The minimum Gasteiger partial charge on any atom is -0.388 e. The van der Waals surface area contributed by atoms with E-state index < -0.39 is 0 Å². The Morgan fingerprint density at radius 3 is 2.92 bits per heavy atom. The van der Waals surface area contributed by atoms with Crippen LogP contribution in [0.15, 0.2) is 30.8 Å². The van der Waals surface area contributed by atoms with Gasteiger partial charge < -0.3 is 5.11 Å². The van der Waals surface area contributed by atoms with E-state index in [1.54, 1.807) is 0 Å². The van der Waals surface area contributed by atoms with Crippen molar-refractivity contribution in [2.24, 2.45) is 0 Å². The van der Waals surface area contributed by atoms with Crippen LogP contribution in [0, 0.1) is 0 Å². The summed E-state index contributed by atoms with van der Waals surface area (Å²) in [6, 6.07) is 8.15. The maximum absolute atomic E-state index is 9.52. The fourth-order valence-electron chi connectivity index (χ4n) is 1.70. The molecule has 0 aliphatic heterocycles. The molecule has 1 atom stereocenters. The average Bonchev–Trinajstić information content (AvgIpc) is 2.12. The van der Waals surface area contributed by atoms with Crippen LogP contribution >= 0.6 is 0 Å². The minimum atomic E-state index is -0.333. The van der Waals surface area contributed by atoms with Gasteiger partial charge in [-0.25, -0.2) is 0 Å². The Kier molecular flexibility index (Phi) is 1.74. The van der Waals surface area contributed by atoms with Crippen molar-refractivity contribution in [3.63, 3.8) is 0 Å². The summed E-state index contributed by atoms with van der Waals surface area (Å²) in [4.78, 5) is 0. The van der Waals surface area contributed by atoms with Crippen LogP contribution < -0.4 is 0 Å². The Hall–Kier alpha value is -1.08. The highest BCUT2D eigenvalue weighted by Crippen LogP contribution is 2.28. The SMILES string of the molecule is C=C1c2ccccc2CCC1O. The van der Waals surface area contributed by atoms with Gasteiger partial charge >= 0.3 is 0 Å². The Morgan fingerprint density at radius 2 is 2.08 bits per heavy atom. The van der Waals surface area contributed by atoms with Crippen molar-refractivity contribution in [2.75, 3.05) is 0 Å². The van der Waals surface area contributed by atoms with Crippen molar-refractivity contribution in [3.05, 3.63) is 42.0 Å². The Morgan fingerprint density at radius 1 is 1.33 bits per heavy atom. The molecule has 0 spiro atoms. The van der Waals surface area contributed by atoms with Gasteiger partial charge in [-0.15, -0.1) is 0 Å². The zero-order chi connectivity index (χ0) is 8.55. The van der Waals surface area contributed by atoms with Crippen LogP contribution in [0.3, 0.4) is 0 Å². The third kappa shape index (κ3) is 1.07. The van der Waals surface area contributed by atoms with Gasteiger partial charge in [0, 0.05) is 0 Å². The summed E-state index contributed by atoms with van der Waals surface area (Å²) < 4.78 is 0. The summed E-state index contributed by atoms with van der Waals surface area (Å²) >= 11 is 0. The van der Waals surface area contributed by atoms with Crippen LogP contribution in [-0.4, -0.2) is 11.2 Å². The molecule has 0 saturated carbocycles. The molecule has 0 bridgehead atoms. The molecule has 0 saturated heterocycles. The van der Waals surface area contributed by atoms with E-state index in [2.05, 4.69) is 12.6 Å². The van der Waals surface area contributed by atoms with E-state index in [9.17, 15) is 5.11 Å². The molecule has 1 aliphatic rings. The van der Waals surface area contributed by atoms with Crippen LogP contribution in [0.2, 0.25) is 0 Å². The van der Waals surface area contributed by atoms with Gasteiger partial charge in [0.15, 0.2) is 0 Å². The van der Waals surface area contributed by atoms with Gasteiger partial charge in [0.2, 0.25) is 0 Å².